The van der Waals surface area contributed by atoms with Crippen LogP contribution in [0.1, 0.15) is 21.1 Å². The van der Waals surface area contributed by atoms with Crippen molar-refractivity contribution in [2.45, 2.75) is 13.8 Å². The zero-order valence-corrected chi connectivity index (χ0v) is 10.9. The molecule has 0 aromatic carbocycles. The third-order valence-electron chi connectivity index (χ3n) is 2.91. The lowest BCUT2D eigenvalue weighted by Crippen LogP contribution is -2.14. The third-order valence-corrected chi connectivity index (χ3v) is 3.91. The lowest BCUT2D eigenvalue weighted by molar-refractivity contribution is 0.315. The minimum absolute atomic E-state index is 0.695. The zero-order valence-electron chi connectivity index (χ0n) is 10.1. The van der Waals surface area contributed by atoms with E-state index in [2.05, 4.69) is 23.8 Å². The Morgan fingerprint density at radius 3 is 1.59 bits per heavy atom. The maximum absolute atomic E-state index is 5.27. The molecule has 0 bridgehead atoms. The highest BCUT2D eigenvalue weighted by atomic mass is 32.1. The molecule has 0 radical (unpaired) electrons. The molecule has 5 heteroatoms. The molecule has 1 aliphatic carbocycles. The summed E-state index contributed by atoms with van der Waals surface area (Å²) in [6, 6.07) is 0. The molecule has 4 nitrogen and oxygen atoms in total. The van der Waals surface area contributed by atoms with Gasteiger partial charge in [-0.15, -0.1) is 11.3 Å². The number of rotatable bonds is 2. The van der Waals surface area contributed by atoms with Crippen molar-refractivity contribution < 1.29 is 9.47 Å². The van der Waals surface area contributed by atoms with Crippen LogP contribution in [0.5, 0.6) is 0 Å². The SMILES string of the molecule is COC1=C(OC)c2nc3c(C)sc(C)c3nc21. The van der Waals surface area contributed by atoms with Crippen molar-refractivity contribution in [3.63, 3.8) is 0 Å². The molecular weight excluding hydrogens is 236 g/mol. The summed E-state index contributed by atoms with van der Waals surface area (Å²) < 4.78 is 10.5. The van der Waals surface area contributed by atoms with Crippen LogP contribution < -0.4 is 0 Å². The molecule has 1 aliphatic rings. The van der Waals surface area contributed by atoms with Crippen molar-refractivity contribution in [1.82, 2.24) is 9.97 Å². The van der Waals surface area contributed by atoms with E-state index in [9.17, 15) is 0 Å². The van der Waals surface area contributed by atoms with Crippen LogP contribution in [0.25, 0.3) is 22.6 Å². The standard InChI is InChI=1S/C12H12N2O2S/c1-5-7-8(6(2)17-5)14-10-9(13-7)11(15-3)12(10)16-4/h1-4H3. The number of aryl methyl sites for hydroxylation is 2. The molecule has 0 atom stereocenters. The van der Waals surface area contributed by atoms with E-state index < -0.39 is 0 Å². The summed E-state index contributed by atoms with van der Waals surface area (Å²) in [6.45, 7) is 4.13. The largest absolute Gasteiger partial charge is 0.491 e. The molecule has 2 aromatic rings. The van der Waals surface area contributed by atoms with Crippen molar-refractivity contribution >= 4 is 33.9 Å². The van der Waals surface area contributed by atoms with Crippen LogP contribution in [0.3, 0.4) is 0 Å². The Balaban J connectivity index is 2.28. The van der Waals surface area contributed by atoms with Gasteiger partial charge >= 0.3 is 0 Å². The summed E-state index contributed by atoms with van der Waals surface area (Å²) in [5, 5.41) is 0. The van der Waals surface area contributed by atoms with E-state index in [1.807, 2.05) is 0 Å². The summed E-state index contributed by atoms with van der Waals surface area (Å²) in [5.41, 5.74) is 3.54. The van der Waals surface area contributed by atoms with Gasteiger partial charge in [-0.2, -0.15) is 0 Å². The van der Waals surface area contributed by atoms with Gasteiger partial charge in [0.1, 0.15) is 22.4 Å². The van der Waals surface area contributed by atoms with Crippen LogP contribution in [-0.2, 0) is 9.47 Å². The van der Waals surface area contributed by atoms with E-state index in [1.165, 1.54) is 9.75 Å². The van der Waals surface area contributed by atoms with Crippen molar-refractivity contribution in [3.05, 3.63) is 21.1 Å². The minimum atomic E-state index is 0.695. The second kappa shape index (κ2) is 3.43. The molecule has 0 saturated carbocycles. The number of nitrogens with zero attached hydrogens (tertiary/aromatic N) is 2. The van der Waals surface area contributed by atoms with Crippen molar-refractivity contribution in [1.29, 1.82) is 0 Å². The molecule has 0 fully saturated rings. The molecule has 3 rings (SSSR count). The fraction of sp³-hybridized carbons (Fsp3) is 0.333. The lowest BCUT2D eigenvalue weighted by Gasteiger charge is -2.22. The fourth-order valence-corrected chi connectivity index (χ4v) is 3.04. The quantitative estimate of drug-likeness (QED) is 0.819. The normalized spacial score (nSPS) is 13.6. The molecular formula is C12H12N2O2S. The first-order valence-electron chi connectivity index (χ1n) is 5.28. The number of methoxy groups -OCH3 is 2. The van der Waals surface area contributed by atoms with E-state index in [0.717, 1.165) is 22.4 Å². The molecule has 0 saturated heterocycles. The van der Waals surface area contributed by atoms with E-state index in [-0.39, 0.29) is 0 Å². The van der Waals surface area contributed by atoms with E-state index in [0.29, 0.717) is 11.5 Å². The maximum Gasteiger partial charge on any atom is 0.191 e. The van der Waals surface area contributed by atoms with Gasteiger partial charge in [-0.05, 0) is 13.8 Å². The predicted octanol–water partition coefficient (Wildman–Crippen LogP) is 2.74. The van der Waals surface area contributed by atoms with Gasteiger partial charge in [-0.1, -0.05) is 0 Å². The molecule has 2 heterocycles. The second-order valence-electron chi connectivity index (χ2n) is 3.90. The third kappa shape index (κ3) is 1.23. The molecule has 17 heavy (non-hydrogen) atoms. The number of fused-ring (bicyclic) bond motifs is 2. The number of aromatic nitrogens is 2. The molecule has 0 amide bonds. The molecule has 0 N–H and O–H groups in total. The van der Waals surface area contributed by atoms with E-state index >= 15 is 0 Å². The van der Waals surface area contributed by atoms with Crippen molar-refractivity contribution in [2.24, 2.45) is 0 Å². The Bertz CT molecular complexity index is 604. The Hall–Kier alpha value is -1.62. The number of hydrogen-bond donors (Lipinski definition) is 0. The van der Waals surface area contributed by atoms with Crippen LogP contribution in [-0.4, -0.2) is 24.2 Å². The molecule has 0 spiro atoms. The van der Waals surface area contributed by atoms with Gasteiger partial charge in [0.2, 0.25) is 0 Å². The van der Waals surface area contributed by atoms with Gasteiger partial charge in [-0.25, -0.2) is 9.97 Å². The zero-order chi connectivity index (χ0) is 12.2. The average Bonchev–Trinajstić information content (AvgIpc) is 2.56. The van der Waals surface area contributed by atoms with Gasteiger partial charge in [0.15, 0.2) is 11.5 Å². The Labute approximate surface area is 103 Å². The van der Waals surface area contributed by atoms with Crippen LogP contribution >= 0.6 is 11.3 Å². The summed E-state index contributed by atoms with van der Waals surface area (Å²) in [7, 11) is 3.24. The number of ether oxygens (including phenoxy) is 2. The monoisotopic (exact) mass is 248 g/mol. The molecule has 0 unspecified atom stereocenters. The number of thiophene rings is 1. The van der Waals surface area contributed by atoms with Crippen molar-refractivity contribution in [2.75, 3.05) is 14.2 Å². The fourth-order valence-electron chi connectivity index (χ4n) is 2.10. The summed E-state index contributed by atoms with van der Waals surface area (Å²) in [4.78, 5) is 11.6. The van der Waals surface area contributed by atoms with E-state index in [1.54, 1.807) is 25.6 Å². The maximum atomic E-state index is 5.27. The first-order valence-corrected chi connectivity index (χ1v) is 6.09. The van der Waals surface area contributed by atoms with Gasteiger partial charge in [-0.3, -0.25) is 0 Å². The average molecular weight is 248 g/mol. The van der Waals surface area contributed by atoms with E-state index in [4.69, 9.17) is 9.47 Å². The summed E-state index contributed by atoms with van der Waals surface area (Å²) in [6.07, 6.45) is 0. The van der Waals surface area contributed by atoms with Gasteiger partial charge in [0.05, 0.1) is 14.2 Å². The first-order chi connectivity index (χ1) is 8.17. The summed E-state index contributed by atoms with van der Waals surface area (Å²) in [5.74, 6) is 1.39. The highest BCUT2D eigenvalue weighted by Crippen LogP contribution is 2.41. The molecule has 2 aromatic heterocycles. The summed E-state index contributed by atoms with van der Waals surface area (Å²) >= 11 is 1.72. The smallest absolute Gasteiger partial charge is 0.191 e. The minimum Gasteiger partial charge on any atom is -0.491 e. The Morgan fingerprint density at radius 1 is 0.824 bits per heavy atom. The molecule has 88 valence electrons. The first kappa shape index (κ1) is 10.5. The Kier molecular flexibility index (Phi) is 2.13. The van der Waals surface area contributed by atoms with Gasteiger partial charge in [0, 0.05) is 9.75 Å². The van der Waals surface area contributed by atoms with Crippen molar-refractivity contribution in [3.8, 4) is 0 Å². The van der Waals surface area contributed by atoms with Crippen LogP contribution in [0.4, 0.5) is 0 Å². The highest BCUT2D eigenvalue weighted by molar-refractivity contribution is 7.13. The second-order valence-corrected chi connectivity index (χ2v) is 5.33. The van der Waals surface area contributed by atoms with Crippen LogP contribution in [0, 0.1) is 13.8 Å². The highest BCUT2D eigenvalue weighted by Gasteiger charge is 2.33. The number of hydrogen-bond acceptors (Lipinski definition) is 5. The van der Waals surface area contributed by atoms with Gasteiger partial charge < -0.3 is 9.47 Å². The predicted molar refractivity (Wildman–Crippen MR) is 67.7 cm³/mol. The van der Waals surface area contributed by atoms with Crippen LogP contribution in [0.15, 0.2) is 0 Å². The Morgan fingerprint density at radius 2 is 1.24 bits per heavy atom. The molecule has 0 aliphatic heterocycles. The topological polar surface area (TPSA) is 44.2 Å². The van der Waals surface area contributed by atoms with Crippen LogP contribution in [0.2, 0.25) is 0 Å². The van der Waals surface area contributed by atoms with Gasteiger partial charge in [0.25, 0.3) is 0 Å². The lowest BCUT2D eigenvalue weighted by atomic mass is 10.0.